The summed E-state index contributed by atoms with van der Waals surface area (Å²) in [6.45, 7) is 10.1. The van der Waals surface area contributed by atoms with Crippen molar-refractivity contribution in [2.45, 2.75) is 47.3 Å². The molecular weight excluding hydrogens is 312 g/mol. The van der Waals surface area contributed by atoms with E-state index in [4.69, 9.17) is 9.05 Å². The molecular formula is C16H20N4O2S. The van der Waals surface area contributed by atoms with E-state index in [-0.39, 0.29) is 0 Å². The molecule has 0 amide bonds. The summed E-state index contributed by atoms with van der Waals surface area (Å²) in [6.07, 6.45) is 1.84. The lowest BCUT2D eigenvalue weighted by Crippen LogP contribution is -2.23. The normalized spacial score (nSPS) is 11.5. The summed E-state index contributed by atoms with van der Waals surface area (Å²) in [7, 11) is 0. The maximum absolute atomic E-state index is 5.29. The third-order valence-electron chi connectivity index (χ3n) is 3.97. The standard InChI is InChI=1S/C16H20N4O2S/c1-10-14(12(3)21-18-10)7-20(9-16-17-5-6-23-16)8-15-11(2)19-22-13(15)4/h5-6H,7-9H2,1-4H3. The molecule has 0 spiro atoms. The van der Waals surface area contributed by atoms with E-state index in [1.54, 1.807) is 11.3 Å². The number of hydrogen-bond acceptors (Lipinski definition) is 7. The highest BCUT2D eigenvalue weighted by molar-refractivity contribution is 7.09. The van der Waals surface area contributed by atoms with Crippen molar-refractivity contribution in [3.05, 3.63) is 50.6 Å². The highest BCUT2D eigenvalue weighted by Crippen LogP contribution is 2.22. The lowest BCUT2D eigenvalue weighted by molar-refractivity contribution is 0.243. The quantitative estimate of drug-likeness (QED) is 0.687. The second kappa shape index (κ2) is 6.64. The highest BCUT2D eigenvalue weighted by Gasteiger charge is 2.19. The van der Waals surface area contributed by atoms with Crippen LogP contribution in [-0.2, 0) is 19.6 Å². The van der Waals surface area contributed by atoms with Crippen LogP contribution in [0.3, 0.4) is 0 Å². The average Bonchev–Trinajstić information content (AvgIpc) is 3.21. The van der Waals surface area contributed by atoms with Crippen molar-refractivity contribution in [2.75, 3.05) is 0 Å². The van der Waals surface area contributed by atoms with Crippen LogP contribution in [0.5, 0.6) is 0 Å². The Kier molecular flexibility index (Phi) is 4.58. The van der Waals surface area contributed by atoms with Gasteiger partial charge in [0.15, 0.2) is 0 Å². The van der Waals surface area contributed by atoms with Gasteiger partial charge in [-0.1, -0.05) is 10.3 Å². The molecule has 0 bridgehead atoms. The summed E-state index contributed by atoms with van der Waals surface area (Å²) in [5, 5.41) is 11.2. The van der Waals surface area contributed by atoms with Crippen LogP contribution in [0, 0.1) is 27.7 Å². The number of hydrogen-bond donors (Lipinski definition) is 0. The number of aromatic nitrogens is 3. The molecule has 122 valence electrons. The van der Waals surface area contributed by atoms with Crippen molar-refractivity contribution in [1.82, 2.24) is 20.2 Å². The van der Waals surface area contributed by atoms with E-state index in [2.05, 4.69) is 20.2 Å². The number of rotatable bonds is 6. The van der Waals surface area contributed by atoms with Gasteiger partial charge in [-0.25, -0.2) is 4.98 Å². The fourth-order valence-corrected chi connectivity index (χ4v) is 3.25. The van der Waals surface area contributed by atoms with Gasteiger partial charge in [0.05, 0.1) is 17.9 Å². The molecule has 0 saturated carbocycles. The monoisotopic (exact) mass is 332 g/mol. The lowest BCUT2D eigenvalue weighted by atomic mass is 10.1. The van der Waals surface area contributed by atoms with Crippen LogP contribution in [0.25, 0.3) is 0 Å². The molecule has 0 radical (unpaired) electrons. The van der Waals surface area contributed by atoms with Crippen LogP contribution in [0.2, 0.25) is 0 Å². The van der Waals surface area contributed by atoms with E-state index in [9.17, 15) is 0 Å². The molecule has 0 aliphatic heterocycles. The first kappa shape index (κ1) is 15.9. The fraction of sp³-hybridized carbons (Fsp3) is 0.438. The van der Waals surface area contributed by atoms with E-state index < -0.39 is 0 Å². The van der Waals surface area contributed by atoms with Gasteiger partial charge in [-0.3, -0.25) is 4.90 Å². The molecule has 3 aromatic rings. The van der Waals surface area contributed by atoms with E-state index >= 15 is 0 Å². The summed E-state index contributed by atoms with van der Waals surface area (Å²) < 4.78 is 10.6. The third-order valence-corrected chi connectivity index (χ3v) is 4.73. The number of nitrogens with zero attached hydrogens (tertiary/aromatic N) is 4. The zero-order valence-corrected chi connectivity index (χ0v) is 14.6. The molecule has 0 unspecified atom stereocenters. The lowest BCUT2D eigenvalue weighted by Gasteiger charge is -2.21. The Morgan fingerprint density at radius 1 is 0.913 bits per heavy atom. The van der Waals surface area contributed by atoms with Crippen molar-refractivity contribution >= 4 is 11.3 Å². The Balaban J connectivity index is 1.84. The van der Waals surface area contributed by atoms with Gasteiger partial charge in [-0.2, -0.15) is 0 Å². The van der Waals surface area contributed by atoms with Gasteiger partial charge in [-0.15, -0.1) is 11.3 Å². The Morgan fingerprint density at radius 3 is 1.87 bits per heavy atom. The van der Waals surface area contributed by atoms with Crippen molar-refractivity contribution in [3.63, 3.8) is 0 Å². The third kappa shape index (κ3) is 3.51. The number of aryl methyl sites for hydroxylation is 4. The molecule has 3 aromatic heterocycles. The number of thiazole rings is 1. The minimum atomic E-state index is 0.755. The van der Waals surface area contributed by atoms with Crippen LogP contribution in [0.1, 0.15) is 39.0 Å². The highest BCUT2D eigenvalue weighted by atomic mass is 32.1. The van der Waals surface area contributed by atoms with Crippen molar-refractivity contribution < 1.29 is 9.05 Å². The Bertz CT molecular complexity index is 689. The second-order valence-electron chi connectivity index (χ2n) is 5.68. The van der Waals surface area contributed by atoms with E-state index in [0.29, 0.717) is 0 Å². The smallest absolute Gasteiger partial charge is 0.138 e. The maximum atomic E-state index is 5.29. The minimum absolute atomic E-state index is 0.755. The van der Waals surface area contributed by atoms with Crippen LogP contribution in [-0.4, -0.2) is 20.2 Å². The van der Waals surface area contributed by atoms with Crippen molar-refractivity contribution in [3.8, 4) is 0 Å². The predicted molar refractivity (Wildman–Crippen MR) is 87.0 cm³/mol. The van der Waals surface area contributed by atoms with Gasteiger partial charge < -0.3 is 9.05 Å². The van der Waals surface area contributed by atoms with E-state index in [1.165, 1.54) is 0 Å². The zero-order valence-electron chi connectivity index (χ0n) is 13.8. The summed E-state index contributed by atoms with van der Waals surface area (Å²) in [6, 6.07) is 0. The van der Waals surface area contributed by atoms with Crippen LogP contribution in [0.4, 0.5) is 0 Å². The molecule has 6 nitrogen and oxygen atoms in total. The Labute approximate surface area is 139 Å². The van der Waals surface area contributed by atoms with Gasteiger partial charge in [0, 0.05) is 35.8 Å². The van der Waals surface area contributed by atoms with Gasteiger partial charge in [0.2, 0.25) is 0 Å². The molecule has 7 heteroatoms. The molecule has 0 saturated heterocycles. The second-order valence-corrected chi connectivity index (χ2v) is 6.66. The summed E-state index contributed by atoms with van der Waals surface area (Å²) in [5.41, 5.74) is 4.14. The largest absolute Gasteiger partial charge is 0.361 e. The molecule has 0 aliphatic rings. The first-order valence-corrected chi connectivity index (χ1v) is 8.36. The van der Waals surface area contributed by atoms with Gasteiger partial charge in [0.25, 0.3) is 0 Å². The zero-order chi connectivity index (χ0) is 16.4. The molecule has 3 rings (SSSR count). The molecule has 0 atom stereocenters. The SMILES string of the molecule is Cc1noc(C)c1CN(Cc1nccs1)Cc1c(C)noc1C. The van der Waals surface area contributed by atoms with Gasteiger partial charge in [0.1, 0.15) is 16.5 Å². The maximum Gasteiger partial charge on any atom is 0.138 e. The molecule has 0 fully saturated rings. The van der Waals surface area contributed by atoms with Crippen LogP contribution >= 0.6 is 11.3 Å². The van der Waals surface area contributed by atoms with Crippen molar-refractivity contribution in [1.29, 1.82) is 0 Å². The van der Waals surface area contributed by atoms with Crippen LogP contribution < -0.4 is 0 Å². The average molecular weight is 332 g/mol. The Hall–Kier alpha value is -1.99. The molecule has 0 aliphatic carbocycles. The summed E-state index contributed by atoms with van der Waals surface area (Å²) in [4.78, 5) is 6.72. The molecule has 0 N–H and O–H groups in total. The molecule has 3 heterocycles. The summed E-state index contributed by atoms with van der Waals surface area (Å²) >= 11 is 1.66. The minimum Gasteiger partial charge on any atom is -0.361 e. The predicted octanol–water partition coefficient (Wildman–Crippen LogP) is 3.56. The van der Waals surface area contributed by atoms with Gasteiger partial charge >= 0.3 is 0 Å². The Morgan fingerprint density at radius 2 is 1.48 bits per heavy atom. The van der Waals surface area contributed by atoms with Crippen molar-refractivity contribution in [2.24, 2.45) is 0 Å². The molecule has 0 aromatic carbocycles. The topological polar surface area (TPSA) is 68.2 Å². The van der Waals surface area contributed by atoms with Crippen LogP contribution in [0.15, 0.2) is 20.6 Å². The molecule has 23 heavy (non-hydrogen) atoms. The van der Waals surface area contributed by atoms with Gasteiger partial charge in [-0.05, 0) is 27.7 Å². The first-order valence-electron chi connectivity index (χ1n) is 7.48. The summed E-state index contributed by atoms with van der Waals surface area (Å²) in [5.74, 6) is 1.73. The fourth-order valence-electron chi connectivity index (χ4n) is 2.59. The van der Waals surface area contributed by atoms with E-state index in [1.807, 2.05) is 39.3 Å². The first-order chi connectivity index (χ1) is 11.0. The van der Waals surface area contributed by atoms with E-state index in [0.717, 1.165) is 58.7 Å².